The average molecular weight is 295 g/mol. The van der Waals surface area contributed by atoms with Gasteiger partial charge in [-0.05, 0) is 15.9 Å². The molecular formula is C9H6BrCl2NO. The standard InChI is InChI=1S/C9H6BrCl2NO/c1-2-6-13-9-5(14-6)3-4(11)7(10)8(9)12/h3H,2H2,1H3. The van der Waals surface area contributed by atoms with Crippen LogP contribution in [0.25, 0.3) is 11.1 Å². The number of fused-ring (bicyclic) bond motifs is 1. The van der Waals surface area contributed by atoms with E-state index in [1.165, 1.54) is 0 Å². The van der Waals surface area contributed by atoms with Gasteiger partial charge in [0.2, 0.25) is 0 Å². The molecular weight excluding hydrogens is 289 g/mol. The van der Waals surface area contributed by atoms with E-state index in [0.29, 0.717) is 31.5 Å². The predicted octanol–water partition coefficient (Wildman–Crippen LogP) is 4.46. The van der Waals surface area contributed by atoms with Crippen LogP contribution in [0.1, 0.15) is 12.8 Å². The van der Waals surface area contributed by atoms with Gasteiger partial charge in [0.25, 0.3) is 0 Å². The smallest absolute Gasteiger partial charge is 0.195 e. The number of benzene rings is 1. The van der Waals surface area contributed by atoms with E-state index in [4.69, 9.17) is 27.6 Å². The van der Waals surface area contributed by atoms with Crippen LogP contribution < -0.4 is 0 Å². The first-order valence-corrected chi connectivity index (χ1v) is 5.61. The minimum Gasteiger partial charge on any atom is -0.441 e. The first-order chi connectivity index (χ1) is 6.63. The van der Waals surface area contributed by atoms with Crippen LogP contribution in [0.5, 0.6) is 0 Å². The maximum atomic E-state index is 6.05. The van der Waals surface area contributed by atoms with Crippen LogP contribution in [0.3, 0.4) is 0 Å². The lowest BCUT2D eigenvalue weighted by molar-refractivity contribution is 0.538. The van der Waals surface area contributed by atoms with Gasteiger partial charge in [-0.3, -0.25) is 0 Å². The second-order valence-corrected chi connectivity index (χ2v) is 4.37. The van der Waals surface area contributed by atoms with Crippen molar-refractivity contribution in [3.8, 4) is 0 Å². The maximum absolute atomic E-state index is 6.05. The summed E-state index contributed by atoms with van der Waals surface area (Å²) in [5.74, 6) is 0.663. The van der Waals surface area contributed by atoms with Gasteiger partial charge in [0.15, 0.2) is 11.5 Å². The normalized spacial score (nSPS) is 11.1. The number of aryl methyl sites for hydroxylation is 1. The summed E-state index contributed by atoms with van der Waals surface area (Å²) in [5, 5.41) is 1.03. The monoisotopic (exact) mass is 293 g/mol. The van der Waals surface area contributed by atoms with E-state index >= 15 is 0 Å². The summed E-state index contributed by atoms with van der Waals surface area (Å²) in [5.41, 5.74) is 1.28. The highest BCUT2D eigenvalue weighted by atomic mass is 79.9. The predicted molar refractivity (Wildman–Crippen MR) is 61.1 cm³/mol. The first-order valence-electron chi connectivity index (χ1n) is 4.06. The van der Waals surface area contributed by atoms with Crippen LogP contribution in [0.2, 0.25) is 10.0 Å². The van der Waals surface area contributed by atoms with Crippen molar-refractivity contribution in [2.75, 3.05) is 0 Å². The molecule has 2 rings (SSSR count). The van der Waals surface area contributed by atoms with Crippen LogP contribution in [-0.2, 0) is 6.42 Å². The number of rotatable bonds is 1. The van der Waals surface area contributed by atoms with Gasteiger partial charge in [-0.1, -0.05) is 30.1 Å². The van der Waals surface area contributed by atoms with Gasteiger partial charge in [0.1, 0.15) is 5.52 Å². The van der Waals surface area contributed by atoms with Crippen LogP contribution in [0.15, 0.2) is 15.0 Å². The third kappa shape index (κ3) is 1.53. The van der Waals surface area contributed by atoms with Crippen molar-refractivity contribution in [1.29, 1.82) is 0 Å². The summed E-state index contributed by atoms with van der Waals surface area (Å²) < 4.78 is 6.09. The van der Waals surface area contributed by atoms with Crippen LogP contribution in [0.4, 0.5) is 0 Å². The van der Waals surface area contributed by atoms with Gasteiger partial charge >= 0.3 is 0 Å². The highest BCUT2D eigenvalue weighted by molar-refractivity contribution is 9.10. The van der Waals surface area contributed by atoms with E-state index in [1.807, 2.05) is 6.92 Å². The molecule has 5 heteroatoms. The van der Waals surface area contributed by atoms with Gasteiger partial charge in [-0.2, -0.15) is 0 Å². The molecule has 1 aromatic carbocycles. The lowest BCUT2D eigenvalue weighted by atomic mass is 10.3. The number of halogens is 3. The number of nitrogens with zero attached hydrogens (tertiary/aromatic N) is 1. The Morgan fingerprint density at radius 2 is 2.21 bits per heavy atom. The van der Waals surface area contributed by atoms with E-state index < -0.39 is 0 Å². The summed E-state index contributed by atoms with van der Waals surface area (Å²) in [7, 11) is 0. The molecule has 0 atom stereocenters. The van der Waals surface area contributed by atoms with Crippen molar-refractivity contribution in [3.63, 3.8) is 0 Å². The van der Waals surface area contributed by atoms with Crippen molar-refractivity contribution in [2.45, 2.75) is 13.3 Å². The third-order valence-electron chi connectivity index (χ3n) is 1.87. The molecule has 1 aromatic heterocycles. The highest BCUT2D eigenvalue weighted by Gasteiger charge is 2.13. The number of oxazole rings is 1. The third-order valence-corrected chi connectivity index (χ3v) is 3.81. The molecule has 0 saturated carbocycles. The van der Waals surface area contributed by atoms with E-state index in [1.54, 1.807) is 6.07 Å². The second kappa shape index (κ2) is 3.72. The molecule has 0 N–H and O–H groups in total. The number of hydrogen-bond acceptors (Lipinski definition) is 2. The summed E-state index contributed by atoms with van der Waals surface area (Å²) >= 11 is 15.3. The maximum Gasteiger partial charge on any atom is 0.195 e. The molecule has 0 aliphatic heterocycles. The Morgan fingerprint density at radius 3 is 2.86 bits per heavy atom. The minimum absolute atomic E-state index is 0.496. The minimum atomic E-state index is 0.496. The molecule has 0 bridgehead atoms. The topological polar surface area (TPSA) is 26.0 Å². The zero-order valence-electron chi connectivity index (χ0n) is 7.27. The molecule has 0 fully saturated rings. The molecule has 0 amide bonds. The van der Waals surface area contributed by atoms with Crippen molar-refractivity contribution in [1.82, 2.24) is 4.98 Å². The van der Waals surface area contributed by atoms with Gasteiger partial charge in [-0.25, -0.2) is 4.98 Å². The molecule has 2 aromatic rings. The van der Waals surface area contributed by atoms with Crippen LogP contribution in [-0.4, -0.2) is 4.98 Å². The fourth-order valence-electron chi connectivity index (χ4n) is 1.17. The van der Waals surface area contributed by atoms with Crippen molar-refractivity contribution in [2.24, 2.45) is 0 Å². The molecule has 0 radical (unpaired) electrons. The Balaban J connectivity index is 2.81. The van der Waals surface area contributed by atoms with Crippen LogP contribution in [0, 0.1) is 0 Å². The SMILES string of the molecule is CCc1nc2c(Cl)c(Br)c(Cl)cc2o1. The molecule has 0 unspecified atom stereocenters. The van der Waals surface area contributed by atoms with Crippen molar-refractivity contribution >= 4 is 50.2 Å². The van der Waals surface area contributed by atoms with E-state index in [2.05, 4.69) is 20.9 Å². The van der Waals surface area contributed by atoms with E-state index in [9.17, 15) is 0 Å². The molecule has 2 nitrogen and oxygen atoms in total. The lowest BCUT2D eigenvalue weighted by Gasteiger charge is -1.97. The largest absolute Gasteiger partial charge is 0.441 e. The fourth-order valence-corrected chi connectivity index (χ4v) is 1.95. The summed E-state index contributed by atoms with van der Waals surface area (Å²) in [6.07, 6.45) is 0.736. The van der Waals surface area contributed by atoms with Gasteiger partial charge < -0.3 is 4.42 Å². The fraction of sp³-hybridized carbons (Fsp3) is 0.222. The van der Waals surface area contributed by atoms with Crippen molar-refractivity contribution in [3.05, 3.63) is 26.5 Å². The average Bonchev–Trinajstić information content (AvgIpc) is 2.57. The van der Waals surface area contributed by atoms with E-state index in [-0.39, 0.29) is 0 Å². The van der Waals surface area contributed by atoms with Gasteiger partial charge in [0.05, 0.1) is 14.5 Å². The zero-order chi connectivity index (χ0) is 10.3. The molecule has 0 aliphatic rings. The molecule has 14 heavy (non-hydrogen) atoms. The lowest BCUT2D eigenvalue weighted by Crippen LogP contribution is -1.78. The molecule has 1 heterocycles. The number of aromatic nitrogens is 1. The van der Waals surface area contributed by atoms with E-state index in [0.717, 1.165) is 6.42 Å². The Bertz CT molecular complexity index is 495. The second-order valence-electron chi connectivity index (χ2n) is 2.79. The number of hydrogen-bond donors (Lipinski definition) is 0. The highest BCUT2D eigenvalue weighted by Crippen LogP contribution is 2.36. The Labute approximate surface area is 99.3 Å². The molecule has 74 valence electrons. The quantitative estimate of drug-likeness (QED) is 0.726. The van der Waals surface area contributed by atoms with Gasteiger partial charge in [-0.15, -0.1) is 0 Å². The summed E-state index contributed by atoms with van der Waals surface area (Å²) in [4.78, 5) is 4.25. The summed E-state index contributed by atoms with van der Waals surface area (Å²) in [6.45, 7) is 1.97. The Kier molecular flexibility index (Phi) is 2.73. The molecule has 0 aliphatic carbocycles. The van der Waals surface area contributed by atoms with Crippen LogP contribution >= 0.6 is 39.1 Å². The Hall–Kier alpha value is -0.250. The van der Waals surface area contributed by atoms with Gasteiger partial charge in [0, 0.05) is 12.5 Å². The summed E-state index contributed by atoms with van der Waals surface area (Å²) in [6, 6.07) is 1.71. The first kappa shape index (κ1) is 10.3. The molecule has 0 saturated heterocycles. The zero-order valence-corrected chi connectivity index (χ0v) is 10.4. The Morgan fingerprint density at radius 1 is 1.50 bits per heavy atom. The van der Waals surface area contributed by atoms with Crippen molar-refractivity contribution < 1.29 is 4.42 Å². The molecule has 0 spiro atoms.